The molecular weight excluding hydrogens is 360 g/mol. The first kappa shape index (κ1) is 19.8. The molecule has 0 aliphatic carbocycles. The SMILES string of the molecule is CCS(=O)(=O)N1CCN(c2nc(C)nc(C)c2Cc2ccccc2C)CC1. The summed E-state index contributed by atoms with van der Waals surface area (Å²) in [6.07, 6.45) is 0.779. The Morgan fingerprint density at radius 2 is 1.67 bits per heavy atom. The van der Waals surface area contributed by atoms with Crippen LogP contribution in [-0.4, -0.2) is 54.6 Å². The van der Waals surface area contributed by atoms with Gasteiger partial charge in [-0.15, -0.1) is 0 Å². The molecule has 0 bridgehead atoms. The predicted molar refractivity (Wildman–Crippen MR) is 109 cm³/mol. The summed E-state index contributed by atoms with van der Waals surface area (Å²) in [7, 11) is -3.13. The number of anilines is 1. The van der Waals surface area contributed by atoms with Gasteiger partial charge in [-0.25, -0.2) is 18.4 Å². The molecule has 2 aromatic rings. The van der Waals surface area contributed by atoms with Crippen molar-refractivity contribution < 1.29 is 8.42 Å². The van der Waals surface area contributed by atoms with Gasteiger partial charge in [-0.05, 0) is 38.8 Å². The molecule has 6 nitrogen and oxygen atoms in total. The molecule has 7 heteroatoms. The third kappa shape index (κ3) is 4.30. The van der Waals surface area contributed by atoms with Crippen molar-refractivity contribution in [1.82, 2.24) is 14.3 Å². The molecule has 1 aromatic heterocycles. The molecule has 0 radical (unpaired) electrons. The molecule has 0 atom stereocenters. The lowest BCUT2D eigenvalue weighted by atomic mass is 9.99. The molecule has 0 saturated carbocycles. The number of piperazine rings is 1. The molecular formula is C20H28N4O2S. The minimum absolute atomic E-state index is 0.150. The Balaban J connectivity index is 1.89. The summed E-state index contributed by atoms with van der Waals surface area (Å²) in [5.41, 5.74) is 4.63. The van der Waals surface area contributed by atoms with E-state index in [1.54, 1.807) is 11.2 Å². The molecule has 146 valence electrons. The summed E-state index contributed by atoms with van der Waals surface area (Å²) >= 11 is 0. The molecule has 1 aliphatic heterocycles. The van der Waals surface area contributed by atoms with E-state index < -0.39 is 10.0 Å². The van der Waals surface area contributed by atoms with Gasteiger partial charge in [0.2, 0.25) is 10.0 Å². The zero-order valence-corrected chi connectivity index (χ0v) is 17.4. The van der Waals surface area contributed by atoms with E-state index in [0.29, 0.717) is 26.2 Å². The van der Waals surface area contributed by atoms with Crippen molar-refractivity contribution >= 4 is 15.8 Å². The van der Waals surface area contributed by atoms with Gasteiger partial charge in [0.05, 0.1) is 5.75 Å². The molecule has 1 aliphatic rings. The second kappa shape index (κ2) is 7.94. The summed E-state index contributed by atoms with van der Waals surface area (Å²) in [6, 6.07) is 8.37. The second-order valence-electron chi connectivity index (χ2n) is 7.05. The lowest BCUT2D eigenvalue weighted by molar-refractivity contribution is 0.384. The summed E-state index contributed by atoms with van der Waals surface area (Å²) in [5, 5.41) is 0. The highest BCUT2D eigenvalue weighted by molar-refractivity contribution is 7.89. The largest absolute Gasteiger partial charge is 0.354 e. The normalized spacial score (nSPS) is 15.9. The monoisotopic (exact) mass is 388 g/mol. The van der Waals surface area contributed by atoms with Gasteiger partial charge in [-0.2, -0.15) is 4.31 Å². The quantitative estimate of drug-likeness (QED) is 0.787. The molecule has 3 rings (SSSR count). The van der Waals surface area contributed by atoms with Crippen LogP contribution in [0.2, 0.25) is 0 Å². The van der Waals surface area contributed by atoms with Gasteiger partial charge in [0.15, 0.2) is 0 Å². The van der Waals surface area contributed by atoms with E-state index in [9.17, 15) is 8.42 Å². The van der Waals surface area contributed by atoms with Crippen LogP contribution in [0.25, 0.3) is 0 Å². The Kier molecular flexibility index (Phi) is 5.81. The molecule has 1 fully saturated rings. The number of rotatable bonds is 5. The Hall–Kier alpha value is -1.99. The maximum Gasteiger partial charge on any atom is 0.213 e. The average Bonchev–Trinajstić information content (AvgIpc) is 2.65. The van der Waals surface area contributed by atoms with E-state index in [1.807, 2.05) is 19.9 Å². The topological polar surface area (TPSA) is 66.4 Å². The highest BCUT2D eigenvalue weighted by Gasteiger charge is 2.27. The zero-order chi connectivity index (χ0) is 19.6. The summed E-state index contributed by atoms with van der Waals surface area (Å²) in [5.74, 6) is 1.84. The van der Waals surface area contributed by atoms with Crippen molar-refractivity contribution in [2.24, 2.45) is 0 Å². The number of sulfonamides is 1. The number of hydrogen-bond acceptors (Lipinski definition) is 5. The molecule has 1 saturated heterocycles. The molecule has 0 N–H and O–H groups in total. The summed E-state index contributed by atoms with van der Waals surface area (Å²) < 4.78 is 25.9. The van der Waals surface area contributed by atoms with Crippen molar-refractivity contribution in [1.29, 1.82) is 0 Å². The van der Waals surface area contributed by atoms with Crippen LogP contribution in [0, 0.1) is 20.8 Å². The summed E-state index contributed by atoms with van der Waals surface area (Å²) in [4.78, 5) is 11.5. The molecule has 1 aromatic carbocycles. The lowest BCUT2D eigenvalue weighted by Crippen LogP contribution is -2.49. The summed E-state index contributed by atoms with van der Waals surface area (Å²) in [6.45, 7) is 10.1. The molecule has 2 heterocycles. The fourth-order valence-electron chi connectivity index (χ4n) is 3.55. The van der Waals surface area contributed by atoms with Crippen LogP contribution in [0.4, 0.5) is 5.82 Å². The fourth-order valence-corrected chi connectivity index (χ4v) is 4.63. The number of benzene rings is 1. The van der Waals surface area contributed by atoms with Crippen LogP contribution in [0.15, 0.2) is 24.3 Å². The average molecular weight is 389 g/mol. The van der Waals surface area contributed by atoms with Crippen LogP contribution in [0.1, 0.15) is 35.1 Å². The molecule has 0 amide bonds. The number of hydrogen-bond donors (Lipinski definition) is 0. The maximum atomic E-state index is 12.1. The van der Waals surface area contributed by atoms with E-state index in [0.717, 1.165) is 29.3 Å². The van der Waals surface area contributed by atoms with E-state index in [2.05, 4.69) is 35.0 Å². The first-order valence-corrected chi connectivity index (χ1v) is 11.0. The lowest BCUT2D eigenvalue weighted by Gasteiger charge is -2.35. The van der Waals surface area contributed by atoms with Crippen LogP contribution < -0.4 is 4.90 Å². The standard InChI is InChI=1S/C20H28N4O2S/c1-5-27(25,26)24-12-10-23(11-13-24)20-19(16(3)21-17(4)22-20)14-18-9-7-6-8-15(18)2/h6-9H,5,10-14H2,1-4H3. The predicted octanol–water partition coefficient (Wildman–Crippen LogP) is 2.46. The van der Waals surface area contributed by atoms with Gasteiger partial charge < -0.3 is 4.90 Å². The number of aryl methyl sites for hydroxylation is 3. The number of nitrogens with zero attached hydrogens (tertiary/aromatic N) is 4. The minimum Gasteiger partial charge on any atom is -0.354 e. The van der Waals surface area contributed by atoms with Gasteiger partial charge in [-0.3, -0.25) is 0 Å². The third-order valence-electron chi connectivity index (χ3n) is 5.23. The van der Waals surface area contributed by atoms with E-state index >= 15 is 0 Å². The van der Waals surface area contributed by atoms with Gasteiger partial charge in [0.25, 0.3) is 0 Å². The highest BCUT2D eigenvalue weighted by atomic mass is 32.2. The van der Waals surface area contributed by atoms with Gasteiger partial charge in [0, 0.05) is 43.9 Å². The zero-order valence-electron chi connectivity index (χ0n) is 16.6. The van der Waals surface area contributed by atoms with Crippen molar-refractivity contribution in [3.05, 3.63) is 52.5 Å². The van der Waals surface area contributed by atoms with Crippen LogP contribution in [-0.2, 0) is 16.4 Å². The molecule has 27 heavy (non-hydrogen) atoms. The first-order chi connectivity index (χ1) is 12.8. The van der Waals surface area contributed by atoms with E-state index in [1.165, 1.54) is 11.1 Å². The smallest absolute Gasteiger partial charge is 0.213 e. The van der Waals surface area contributed by atoms with Crippen molar-refractivity contribution in [2.45, 2.75) is 34.1 Å². The Morgan fingerprint density at radius 3 is 2.30 bits per heavy atom. The highest BCUT2D eigenvalue weighted by Crippen LogP contribution is 2.26. The first-order valence-electron chi connectivity index (χ1n) is 9.43. The molecule has 0 spiro atoms. The minimum atomic E-state index is -3.13. The van der Waals surface area contributed by atoms with Gasteiger partial charge >= 0.3 is 0 Å². The van der Waals surface area contributed by atoms with Crippen molar-refractivity contribution in [2.75, 3.05) is 36.8 Å². The van der Waals surface area contributed by atoms with Crippen molar-refractivity contribution in [3.63, 3.8) is 0 Å². The van der Waals surface area contributed by atoms with E-state index in [4.69, 9.17) is 4.98 Å². The maximum absolute atomic E-state index is 12.1. The van der Waals surface area contributed by atoms with Gasteiger partial charge in [-0.1, -0.05) is 24.3 Å². The second-order valence-corrected chi connectivity index (χ2v) is 9.31. The van der Waals surface area contributed by atoms with Crippen LogP contribution in [0.3, 0.4) is 0 Å². The Labute approximate surface area is 162 Å². The van der Waals surface area contributed by atoms with Crippen LogP contribution in [0.5, 0.6) is 0 Å². The Bertz CT molecular complexity index is 920. The third-order valence-corrected chi connectivity index (χ3v) is 7.11. The van der Waals surface area contributed by atoms with Gasteiger partial charge in [0.1, 0.15) is 11.6 Å². The van der Waals surface area contributed by atoms with E-state index in [-0.39, 0.29) is 5.75 Å². The molecule has 0 unspecified atom stereocenters. The van der Waals surface area contributed by atoms with Crippen molar-refractivity contribution in [3.8, 4) is 0 Å². The van der Waals surface area contributed by atoms with Crippen LogP contribution >= 0.6 is 0 Å². The number of aromatic nitrogens is 2. The Morgan fingerprint density at radius 1 is 1.00 bits per heavy atom. The fraction of sp³-hybridized carbons (Fsp3) is 0.500.